The van der Waals surface area contributed by atoms with E-state index in [1.54, 1.807) is 52.0 Å². The molecule has 0 radical (unpaired) electrons. The number of fused-ring (bicyclic) bond motifs is 2. The number of amides is 8. The highest BCUT2D eigenvalue weighted by atomic mass is 16.2. The summed E-state index contributed by atoms with van der Waals surface area (Å²) in [6.07, 6.45) is 1.27. The standard InChI is InChI=1S/C39H58N8O8/c1-21(2)18-26-38(54)47-17-11-15-29(47)35(51)45-32(23(5)6)37(53)43-27(20-30(40)48)39(55)46-16-10-14-28(46)34(50)41-25(19-24-12-8-7-9-13-24)33(49)44-31(22(3)4)36(52)42-26/h7-9,12-13,21-23,25-29,31-32H,10-11,14-20H2,1-6H3,(H2,40,48)(H,41,50)(H,42,52)(H,43,53)(H,44,49)(H,45,51)/t25-,26-,27+,28-,29-,31-,32+/m0/s1. The first-order valence-corrected chi connectivity index (χ1v) is 19.4. The zero-order chi connectivity index (χ0) is 40.6. The Morgan fingerprint density at radius 2 is 1.09 bits per heavy atom. The first kappa shape index (κ1) is 42.7. The summed E-state index contributed by atoms with van der Waals surface area (Å²) < 4.78 is 0. The van der Waals surface area contributed by atoms with Gasteiger partial charge in [-0.15, -0.1) is 0 Å². The van der Waals surface area contributed by atoms with Gasteiger partial charge in [-0.05, 0) is 55.4 Å². The fraction of sp³-hybridized carbons (Fsp3) is 0.641. The molecule has 3 saturated heterocycles. The SMILES string of the molecule is CC(C)C[C@@H]1NC(=O)[C@H](C(C)C)NC(=O)[C@H](Cc2ccccc2)NC(=O)[C@@H]2CCCN2C(=O)[C@@H](CC(N)=O)NC(=O)[C@@H](C(C)C)NC(=O)[C@@H]2CCCN2C1=O. The molecule has 0 spiro atoms. The van der Waals surface area contributed by atoms with Gasteiger partial charge in [-0.3, -0.25) is 38.4 Å². The van der Waals surface area contributed by atoms with Crippen LogP contribution in [0, 0.1) is 17.8 Å². The summed E-state index contributed by atoms with van der Waals surface area (Å²) in [6.45, 7) is 11.1. The summed E-state index contributed by atoms with van der Waals surface area (Å²) in [7, 11) is 0. The lowest BCUT2D eigenvalue weighted by atomic mass is 9.98. The number of hydrogen-bond acceptors (Lipinski definition) is 8. The van der Waals surface area contributed by atoms with Crippen LogP contribution in [0.1, 0.15) is 85.6 Å². The highest BCUT2D eigenvalue weighted by Gasteiger charge is 2.43. The van der Waals surface area contributed by atoms with E-state index in [-0.39, 0.29) is 38.3 Å². The highest BCUT2D eigenvalue weighted by molar-refractivity contribution is 6.00. The fourth-order valence-corrected chi connectivity index (χ4v) is 7.52. The lowest BCUT2D eigenvalue weighted by Gasteiger charge is -2.32. The Morgan fingerprint density at radius 1 is 0.636 bits per heavy atom. The van der Waals surface area contributed by atoms with Gasteiger partial charge in [0.2, 0.25) is 47.3 Å². The number of carbonyl (C=O) groups excluding carboxylic acids is 8. The molecule has 1 aromatic rings. The van der Waals surface area contributed by atoms with Crippen LogP contribution in [-0.4, -0.2) is 112 Å². The molecule has 0 aliphatic carbocycles. The van der Waals surface area contributed by atoms with Crippen LogP contribution in [0.2, 0.25) is 0 Å². The Bertz CT molecular complexity index is 1600. The summed E-state index contributed by atoms with van der Waals surface area (Å²) in [6, 6.07) is 1.13. The number of hydrogen-bond donors (Lipinski definition) is 6. The van der Waals surface area contributed by atoms with Gasteiger partial charge < -0.3 is 42.1 Å². The van der Waals surface area contributed by atoms with Crippen molar-refractivity contribution in [2.24, 2.45) is 23.5 Å². The molecule has 16 nitrogen and oxygen atoms in total. The lowest BCUT2D eigenvalue weighted by molar-refractivity contribution is -0.144. The highest BCUT2D eigenvalue weighted by Crippen LogP contribution is 2.23. The quantitative estimate of drug-likeness (QED) is 0.209. The van der Waals surface area contributed by atoms with Crippen molar-refractivity contribution in [3.8, 4) is 0 Å². The van der Waals surface area contributed by atoms with Gasteiger partial charge in [0.1, 0.15) is 42.3 Å². The van der Waals surface area contributed by atoms with Crippen LogP contribution in [-0.2, 0) is 44.8 Å². The van der Waals surface area contributed by atoms with E-state index in [0.717, 1.165) is 5.56 Å². The van der Waals surface area contributed by atoms with Crippen LogP contribution >= 0.6 is 0 Å². The molecule has 0 bridgehead atoms. The summed E-state index contributed by atoms with van der Waals surface area (Å²) >= 11 is 0. The third-order valence-electron chi connectivity index (χ3n) is 10.4. The van der Waals surface area contributed by atoms with Crippen molar-refractivity contribution in [1.82, 2.24) is 36.4 Å². The van der Waals surface area contributed by atoms with Gasteiger partial charge >= 0.3 is 0 Å². The minimum atomic E-state index is -1.45. The van der Waals surface area contributed by atoms with Gasteiger partial charge in [-0.2, -0.15) is 0 Å². The summed E-state index contributed by atoms with van der Waals surface area (Å²) in [5.74, 6) is -6.17. The molecule has 1 aromatic carbocycles. The molecule has 7 atom stereocenters. The van der Waals surface area contributed by atoms with E-state index >= 15 is 0 Å². The monoisotopic (exact) mass is 766 g/mol. The largest absolute Gasteiger partial charge is 0.370 e. The van der Waals surface area contributed by atoms with Crippen LogP contribution in [0.25, 0.3) is 0 Å². The summed E-state index contributed by atoms with van der Waals surface area (Å²) in [4.78, 5) is 113. The number of nitrogens with two attached hydrogens (primary N) is 1. The predicted octanol–water partition coefficient (Wildman–Crippen LogP) is -0.118. The van der Waals surface area contributed by atoms with Crippen molar-refractivity contribution in [3.63, 3.8) is 0 Å². The molecule has 55 heavy (non-hydrogen) atoms. The minimum absolute atomic E-state index is 0.0311. The molecule has 3 aliphatic rings. The van der Waals surface area contributed by atoms with Crippen molar-refractivity contribution in [3.05, 3.63) is 35.9 Å². The van der Waals surface area contributed by atoms with E-state index < -0.39 is 108 Å². The molecular weight excluding hydrogens is 708 g/mol. The zero-order valence-corrected chi connectivity index (χ0v) is 32.8. The van der Waals surface area contributed by atoms with Crippen molar-refractivity contribution in [2.75, 3.05) is 13.1 Å². The first-order chi connectivity index (χ1) is 26.0. The van der Waals surface area contributed by atoms with Crippen LogP contribution in [0.15, 0.2) is 30.3 Å². The maximum Gasteiger partial charge on any atom is 0.246 e. The molecule has 8 amide bonds. The van der Waals surface area contributed by atoms with Crippen molar-refractivity contribution in [1.29, 1.82) is 0 Å². The second-order valence-electron chi connectivity index (χ2n) is 16.0. The van der Waals surface area contributed by atoms with Crippen LogP contribution in [0.5, 0.6) is 0 Å². The van der Waals surface area contributed by atoms with Gasteiger partial charge in [-0.25, -0.2) is 0 Å². The van der Waals surface area contributed by atoms with Gasteiger partial charge in [0.25, 0.3) is 0 Å². The Labute approximate surface area is 322 Å². The van der Waals surface area contributed by atoms with E-state index in [1.807, 2.05) is 19.9 Å². The van der Waals surface area contributed by atoms with Gasteiger partial charge in [-0.1, -0.05) is 71.9 Å². The molecule has 4 rings (SSSR count). The third kappa shape index (κ3) is 11.0. The third-order valence-corrected chi connectivity index (χ3v) is 10.4. The first-order valence-electron chi connectivity index (χ1n) is 19.4. The number of benzene rings is 1. The average molecular weight is 767 g/mol. The van der Waals surface area contributed by atoms with E-state index in [9.17, 15) is 38.4 Å². The maximum atomic E-state index is 14.2. The number of primary amides is 1. The predicted molar refractivity (Wildman–Crippen MR) is 202 cm³/mol. The Hall–Kier alpha value is -5.02. The lowest BCUT2D eigenvalue weighted by Crippen LogP contribution is -2.60. The van der Waals surface area contributed by atoms with Gasteiger partial charge in [0.15, 0.2) is 0 Å². The Morgan fingerprint density at radius 3 is 1.58 bits per heavy atom. The summed E-state index contributed by atoms with van der Waals surface area (Å²) in [5.41, 5.74) is 6.25. The summed E-state index contributed by atoms with van der Waals surface area (Å²) in [5, 5.41) is 13.8. The van der Waals surface area contributed by atoms with E-state index in [2.05, 4.69) is 26.6 Å². The number of rotatable bonds is 8. The number of nitrogens with zero attached hydrogens (tertiary/aromatic N) is 2. The molecule has 3 heterocycles. The second-order valence-corrected chi connectivity index (χ2v) is 16.0. The normalized spacial score (nSPS) is 27.9. The molecule has 0 saturated carbocycles. The van der Waals surface area contributed by atoms with Crippen molar-refractivity contribution >= 4 is 47.3 Å². The van der Waals surface area contributed by atoms with Gasteiger partial charge in [0, 0.05) is 19.5 Å². The van der Waals surface area contributed by atoms with Crippen LogP contribution in [0.4, 0.5) is 0 Å². The molecule has 7 N–H and O–H groups in total. The molecular formula is C39H58N8O8. The van der Waals surface area contributed by atoms with E-state index in [1.165, 1.54) is 9.80 Å². The minimum Gasteiger partial charge on any atom is -0.370 e. The molecule has 16 heteroatoms. The Kier molecular flexibility index (Phi) is 14.8. The van der Waals surface area contributed by atoms with E-state index in [4.69, 9.17) is 5.73 Å². The number of nitrogens with one attached hydrogen (secondary N) is 5. The average Bonchev–Trinajstić information content (AvgIpc) is 3.81. The molecule has 3 aliphatic heterocycles. The Balaban J connectivity index is 1.78. The second kappa shape index (κ2) is 19.0. The molecule has 0 aromatic heterocycles. The topological polar surface area (TPSA) is 229 Å². The van der Waals surface area contributed by atoms with Crippen molar-refractivity contribution in [2.45, 2.75) is 129 Å². The van der Waals surface area contributed by atoms with Crippen LogP contribution in [0.3, 0.4) is 0 Å². The van der Waals surface area contributed by atoms with Gasteiger partial charge in [0.05, 0.1) is 6.42 Å². The van der Waals surface area contributed by atoms with Crippen LogP contribution < -0.4 is 32.3 Å². The number of carbonyl (C=O) groups is 8. The van der Waals surface area contributed by atoms with Crippen molar-refractivity contribution < 1.29 is 38.4 Å². The zero-order valence-electron chi connectivity index (χ0n) is 32.8. The molecule has 0 unspecified atom stereocenters. The smallest absolute Gasteiger partial charge is 0.246 e. The fourth-order valence-electron chi connectivity index (χ4n) is 7.52. The molecule has 3 fully saturated rings. The molecule has 302 valence electrons. The maximum absolute atomic E-state index is 14.2. The van der Waals surface area contributed by atoms with E-state index in [0.29, 0.717) is 19.3 Å².